The summed E-state index contributed by atoms with van der Waals surface area (Å²) in [4.78, 5) is 34.9. The van der Waals surface area contributed by atoms with Gasteiger partial charge in [-0.2, -0.15) is 5.26 Å². The lowest BCUT2D eigenvalue weighted by atomic mass is 9.97. The number of H-pyrrole nitrogens is 1. The van der Waals surface area contributed by atoms with Crippen molar-refractivity contribution < 1.29 is 0 Å². The van der Waals surface area contributed by atoms with Gasteiger partial charge >= 0.3 is 0 Å². The van der Waals surface area contributed by atoms with Crippen LogP contribution in [0.3, 0.4) is 0 Å². The summed E-state index contributed by atoms with van der Waals surface area (Å²) in [5.74, 6) is 0.356. The Morgan fingerprint density at radius 2 is 2.06 bits per heavy atom. The molecule has 33 heavy (non-hydrogen) atoms. The van der Waals surface area contributed by atoms with Crippen LogP contribution >= 0.6 is 11.8 Å². The van der Waals surface area contributed by atoms with Gasteiger partial charge in [-0.3, -0.25) is 19.3 Å². The molecular formula is C24H22N6O2S. The second-order valence-electron chi connectivity index (χ2n) is 8.06. The Morgan fingerprint density at radius 1 is 1.18 bits per heavy atom. The molecule has 166 valence electrons. The van der Waals surface area contributed by atoms with Gasteiger partial charge < -0.3 is 0 Å². The highest BCUT2D eigenvalue weighted by molar-refractivity contribution is 7.98. The molecular weight excluding hydrogens is 436 g/mol. The lowest BCUT2D eigenvalue weighted by Gasteiger charge is -2.16. The van der Waals surface area contributed by atoms with Crippen LogP contribution < -0.4 is 11.1 Å². The maximum absolute atomic E-state index is 13.3. The minimum atomic E-state index is -0.287. The number of rotatable bonds is 6. The first kappa shape index (κ1) is 21.2. The maximum Gasteiger partial charge on any atom is 0.272 e. The molecule has 1 aliphatic carbocycles. The molecule has 0 bridgehead atoms. The summed E-state index contributed by atoms with van der Waals surface area (Å²) in [7, 11) is 0. The van der Waals surface area contributed by atoms with E-state index in [0.717, 1.165) is 19.3 Å². The monoisotopic (exact) mass is 458 g/mol. The van der Waals surface area contributed by atoms with Gasteiger partial charge in [-0.1, -0.05) is 35.5 Å². The summed E-state index contributed by atoms with van der Waals surface area (Å²) in [6, 6.07) is 10.8. The Kier molecular flexibility index (Phi) is 5.84. The molecule has 0 atom stereocenters. The smallest absolute Gasteiger partial charge is 0.272 e. The van der Waals surface area contributed by atoms with E-state index in [9.17, 15) is 14.9 Å². The van der Waals surface area contributed by atoms with E-state index in [0.29, 0.717) is 45.3 Å². The van der Waals surface area contributed by atoms with Crippen LogP contribution in [0.25, 0.3) is 16.6 Å². The number of hydrogen-bond acceptors (Lipinski definition) is 6. The fourth-order valence-electron chi connectivity index (χ4n) is 4.17. The van der Waals surface area contributed by atoms with E-state index in [-0.39, 0.29) is 11.1 Å². The van der Waals surface area contributed by atoms with Crippen molar-refractivity contribution in [3.8, 4) is 6.07 Å². The zero-order valence-corrected chi connectivity index (χ0v) is 18.8. The van der Waals surface area contributed by atoms with Crippen molar-refractivity contribution in [3.63, 3.8) is 0 Å². The lowest BCUT2D eigenvalue weighted by molar-refractivity contribution is 0.569. The van der Waals surface area contributed by atoms with Crippen molar-refractivity contribution in [3.05, 3.63) is 80.1 Å². The molecule has 4 aromatic rings. The third-order valence-corrected chi connectivity index (χ3v) is 6.90. The maximum atomic E-state index is 13.3. The summed E-state index contributed by atoms with van der Waals surface area (Å²) in [5, 5.41) is 13.2. The topological polar surface area (TPSA) is 109 Å². The van der Waals surface area contributed by atoms with Crippen LogP contribution in [0.1, 0.15) is 43.4 Å². The van der Waals surface area contributed by atoms with Crippen molar-refractivity contribution in [2.45, 2.75) is 49.6 Å². The summed E-state index contributed by atoms with van der Waals surface area (Å²) >= 11 is 1.38. The van der Waals surface area contributed by atoms with Gasteiger partial charge in [0.25, 0.3) is 11.1 Å². The van der Waals surface area contributed by atoms with Crippen LogP contribution in [0.15, 0.2) is 62.9 Å². The molecule has 0 radical (unpaired) electrons. The summed E-state index contributed by atoms with van der Waals surface area (Å²) < 4.78 is 2.99. The van der Waals surface area contributed by atoms with Crippen LogP contribution in [0.5, 0.6) is 0 Å². The molecule has 8 nitrogen and oxygen atoms in total. The van der Waals surface area contributed by atoms with Gasteiger partial charge in [0, 0.05) is 24.6 Å². The fraction of sp³-hybridized carbons (Fsp3) is 0.292. The minimum absolute atomic E-state index is 0.0552. The number of allylic oxidation sites excluding steroid dienone is 2. The molecule has 0 spiro atoms. The molecule has 1 aliphatic rings. The summed E-state index contributed by atoms with van der Waals surface area (Å²) in [5.41, 5.74) is 2.85. The second kappa shape index (κ2) is 9.08. The predicted molar refractivity (Wildman–Crippen MR) is 127 cm³/mol. The normalized spacial score (nSPS) is 13.8. The van der Waals surface area contributed by atoms with Crippen molar-refractivity contribution in [2.75, 3.05) is 0 Å². The van der Waals surface area contributed by atoms with E-state index in [1.54, 1.807) is 10.6 Å². The van der Waals surface area contributed by atoms with E-state index in [1.807, 2.05) is 24.3 Å². The Morgan fingerprint density at radius 3 is 2.88 bits per heavy atom. The molecule has 5 rings (SSSR count). The fourth-order valence-corrected chi connectivity index (χ4v) is 5.08. The number of thioether (sulfide) groups is 1. The quantitative estimate of drug-likeness (QED) is 0.268. The number of para-hydroxylation sites is 1. The average Bonchev–Trinajstić information content (AvgIpc) is 3.26. The Balaban J connectivity index is 1.48. The standard InChI is InChI=1S/C24H22N6O2S/c25-13-17-14-26-30-21(31)12-18(27-22(17)30)15-33-24-28-20-9-5-4-8-19(20)23(32)29(24)11-10-16-6-2-1-3-7-16/h4-6,8-9,12,14,26H,1-3,7,10-11,15H2. The molecule has 0 fully saturated rings. The molecule has 3 aromatic heterocycles. The van der Waals surface area contributed by atoms with Gasteiger partial charge in [-0.15, -0.1) is 0 Å². The molecule has 3 heterocycles. The molecule has 1 N–H and O–H groups in total. The van der Waals surface area contributed by atoms with Crippen LogP contribution in [0.4, 0.5) is 0 Å². The molecule has 0 amide bonds. The molecule has 0 saturated carbocycles. The van der Waals surface area contributed by atoms with Crippen molar-refractivity contribution in [1.82, 2.24) is 24.1 Å². The molecule has 0 saturated heterocycles. The number of benzene rings is 1. The van der Waals surface area contributed by atoms with Gasteiger partial charge in [-0.05, 0) is 44.2 Å². The van der Waals surface area contributed by atoms with Gasteiger partial charge in [0.05, 0.1) is 16.6 Å². The van der Waals surface area contributed by atoms with E-state index in [2.05, 4.69) is 16.2 Å². The highest BCUT2D eigenvalue weighted by Crippen LogP contribution is 2.24. The number of aromatic nitrogens is 5. The predicted octanol–water partition coefficient (Wildman–Crippen LogP) is 3.79. The van der Waals surface area contributed by atoms with Gasteiger partial charge in [0.1, 0.15) is 11.6 Å². The lowest BCUT2D eigenvalue weighted by Crippen LogP contribution is -2.24. The van der Waals surface area contributed by atoms with Gasteiger partial charge in [0.15, 0.2) is 10.8 Å². The highest BCUT2D eigenvalue weighted by atomic mass is 32.2. The summed E-state index contributed by atoms with van der Waals surface area (Å²) in [6.07, 6.45) is 9.21. The highest BCUT2D eigenvalue weighted by Gasteiger charge is 2.15. The number of nitriles is 1. The van der Waals surface area contributed by atoms with Gasteiger partial charge in [-0.25, -0.2) is 14.5 Å². The number of nitrogens with zero attached hydrogens (tertiary/aromatic N) is 5. The number of aromatic amines is 1. The van der Waals surface area contributed by atoms with Crippen LogP contribution in [-0.2, 0) is 12.3 Å². The van der Waals surface area contributed by atoms with Crippen molar-refractivity contribution >= 4 is 28.3 Å². The summed E-state index contributed by atoms with van der Waals surface area (Å²) in [6.45, 7) is 0.566. The van der Waals surface area contributed by atoms with Crippen molar-refractivity contribution in [2.24, 2.45) is 0 Å². The van der Waals surface area contributed by atoms with Crippen LogP contribution in [-0.4, -0.2) is 24.1 Å². The second-order valence-corrected chi connectivity index (χ2v) is 9.00. The third kappa shape index (κ3) is 4.22. The first-order valence-corrected chi connectivity index (χ1v) is 11.9. The minimum Gasteiger partial charge on any atom is -0.295 e. The third-order valence-electron chi connectivity index (χ3n) is 5.89. The zero-order valence-electron chi connectivity index (χ0n) is 18.0. The Bertz CT molecular complexity index is 1540. The van der Waals surface area contributed by atoms with Crippen molar-refractivity contribution in [1.29, 1.82) is 5.26 Å². The Hall–Kier alpha value is -3.64. The number of hydrogen-bond donors (Lipinski definition) is 1. The zero-order chi connectivity index (χ0) is 22.8. The molecule has 0 unspecified atom stereocenters. The molecule has 9 heteroatoms. The largest absolute Gasteiger partial charge is 0.295 e. The van der Waals surface area contributed by atoms with E-state index >= 15 is 0 Å². The number of fused-ring (bicyclic) bond motifs is 2. The first-order chi connectivity index (χ1) is 16.1. The Labute approximate surface area is 193 Å². The number of nitrogens with one attached hydrogen (secondary N) is 1. The van der Waals surface area contributed by atoms with Gasteiger partial charge in [0.2, 0.25) is 0 Å². The first-order valence-electron chi connectivity index (χ1n) is 10.9. The van der Waals surface area contributed by atoms with E-state index < -0.39 is 0 Å². The van der Waals surface area contributed by atoms with Crippen LogP contribution in [0, 0.1) is 11.3 Å². The SMILES string of the molecule is N#Cc1c[nH]n2c(=O)cc(CSc3nc4ccccc4c(=O)n3CCC3=CCCCC3)nc12. The van der Waals surface area contributed by atoms with E-state index in [1.165, 1.54) is 47.0 Å². The molecule has 0 aliphatic heterocycles. The average molecular weight is 459 g/mol. The van der Waals surface area contributed by atoms with E-state index in [4.69, 9.17) is 4.98 Å². The molecule has 1 aromatic carbocycles. The van der Waals surface area contributed by atoms with Crippen LogP contribution in [0.2, 0.25) is 0 Å².